The lowest BCUT2D eigenvalue weighted by Crippen LogP contribution is -2.42. The van der Waals surface area contributed by atoms with E-state index in [1.165, 1.54) is 12.1 Å². The molecule has 1 aromatic carbocycles. The summed E-state index contributed by atoms with van der Waals surface area (Å²) >= 11 is 8.29. The van der Waals surface area contributed by atoms with Crippen LogP contribution in [0.4, 0.5) is 4.39 Å². The average molecular weight is 310 g/mol. The molecule has 1 rings (SSSR count). The number of alkyl halides is 1. The zero-order valence-electron chi connectivity index (χ0n) is 7.89. The molecule has 0 radical (unpaired) electrons. The van der Waals surface area contributed by atoms with Crippen LogP contribution in [0.3, 0.4) is 0 Å². The molecular weight excluding hydrogens is 302 g/mol. The van der Waals surface area contributed by atoms with Crippen molar-refractivity contribution in [3.63, 3.8) is 0 Å². The summed E-state index contributed by atoms with van der Waals surface area (Å²) in [5.74, 6) is -2.01. The van der Waals surface area contributed by atoms with Crippen LogP contribution in [0.25, 0.3) is 0 Å². The number of rotatable bonds is 2. The Morgan fingerprint density at radius 3 is 2.69 bits per heavy atom. The van der Waals surface area contributed by atoms with E-state index in [-0.39, 0.29) is 11.4 Å². The molecular formula is C9H7BrClFN2O2. The molecule has 0 fully saturated rings. The number of hydrogen-bond acceptors (Lipinski definition) is 2. The minimum absolute atomic E-state index is 0.0786. The van der Waals surface area contributed by atoms with Crippen molar-refractivity contribution in [3.05, 3.63) is 34.1 Å². The number of carbonyl (C=O) groups is 2. The lowest BCUT2D eigenvalue weighted by atomic mass is 10.2. The molecule has 0 aromatic heterocycles. The van der Waals surface area contributed by atoms with Gasteiger partial charge in [-0.3, -0.25) is 20.4 Å². The zero-order valence-corrected chi connectivity index (χ0v) is 10.2. The summed E-state index contributed by atoms with van der Waals surface area (Å²) < 4.78 is 13.3. The van der Waals surface area contributed by atoms with Gasteiger partial charge in [-0.25, -0.2) is 4.39 Å². The van der Waals surface area contributed by atoms with E-state index in [1.807, 2.05) is 0 Å². The number of nitrogens with one attached hydrogen (secondary N) is 2. The van der Waals surface area contributed by atoms with Gasteiger partial charge in [-0.05, 0) is 34.1 Å². The predicted molar refractivity (Wildman–Crippen MR) is 60.4 cm³/mol. The Hall–Kier alpha value is -1.14. The highest BCUT2D eigenvalue weighted by atomic mass is 79.9. The maximum Gasteiger partial charge on any atom is 0.270 e. The normalized spacial score (nSPS) is 9.69. The SMILES string of the molecule is O=C(CCl)NNC(=O)c1cc(F)ccc1Br. The highest BCUT2D eigenvalue weighted by Gasteiger charge is 2.11. The Balaban J connectivity index is 2.73. The molecule has 16 heavy (non-hydrogen) atoms. The second-order valence-corrected chi connectivity index (χ2v) is 3.88. The van der Waals surface area contributed by atoms with Gasteiger partial charge < -0.3 is 0 Å². The number of amides is 2. The largest absolute Gasteiger partial charge is 0.272 e. The standard InChI is InChI=1S/C9H7BrClFN2O2/c10-7-2-1-5(12)3-6(7)9(16)14-13-8(15)4-11/h1-3H,4H2,(H,13,15)(H,14,16). The first-order chi connectivity index (χ1) is 7.54. The van der Waals surface area contributed by atoms with Gasteiger partial charge in [0.25, 0.3) is 11.8 Å². The van der Waals surface area contributed by atoms with Crippen LogP contribution in [-0.2, 0) is 4.79 Å². The summed E-state index contributed by atoms with van der Waals surface area (Å²) in [6.07, 6.45) is 0. The van der Waals surface area contributed by atoms with E-state index in [2.05, 4.69) is 26.8 Å². The molecule has 2 amide bonds. The molecule has 0 atom stereocenters. The Bertz CT molecular complexity index is 428. The second-order valence-electron chi connectivity index (χ2n) is 2.76. The fraction of sp³-hybridized carbons (Fsp3) is 0.111. The van der Waals surface area contributed by atoms with E-state index < -0.39 is 17.6 Å². The molecule has 4 nitrogen and oxygen atoms in total. The van der Waals surface area contributed by atoms with Crippen molar-refractivity contribution in [1.29, 1.82) is 0 Å². The predicted octanol–water partition coefficient (Wildman–Crippen LogP) is 1.59. The monoisotopic (exact) mass is 308 g/mol. The maximum atomic E-state index is 12.9. The Kier molecular flexibility index (Phi) is 4.70. The fourth-order valence-electron chi connectivity index (χ4n) is 0.899. The summed E-state index contributed by atoms with van der Waals surface area (Å²) in [7, 11) is 0. The third-order valence-corrected chi connectivity index (χ3v) is 2.54. The molecule has 0 heterocycles. The first kappa shape index (κ1) is 12.9. The van der Waals surface area contributed by atoms with Gasteiger partial charge in [0, 0.05) is 4.47 Å². The topological polar surface area (TPSA) is 58.2 Å². The van der Waals surface area contributed by atoms with Crippen LogP contribution < -0.4 is 10.9 Å². The van der Waals surface area contributed by atoms with Crippen molar-refractivity contribution in [2.45, 2.75) is 0 Å². The van der Waals surface area contributed by atoms with Crippen LogP contribution >= 0.6 is 27.5 Å². The van der Waals surface area contributed by atoms with Gasteiger partial charge in [0.15, 0.2) is 0 Å². The quantitative estimate of drug-likeness (QED) is 0.644. The molecule has 1 aromatic rings. The van der Waals surface area contributed by atoms with Gasteiger partial charge in [-0.1, -0.05) is 0 Å². The average Bonchev–Trinajstić information content (AvgIpc) is 2.28. The van der Waals surface area contributed by atoms with Crippen molar-refractivity contribution in [2.75, 3.05) is 5.88 Å². The van der Waals surface area contributed by atoms with Crippen LogP contribution in [0.15, 0.2) is 22.7 Å². The first-order valence-electron chi connectivity index (χ1n) is 4.15. The number of carbonyl (C=O) groups excluding carboxylic acids is 2. The number of halogens is 3. The Morgan fingerprint density at radius 1 is 1.38 bits per heavy atom. The van der Waals surface area contributed by atoms with Crippen molar-refractivity contribution < 1.29 is 14.0 Å². The maximum absolute atomic E-state index is 12.9. The summed E-state index contributed by atoms with van der Waals surface area (Å²) in [5, 5.41) is 0. The van der Waals surface area contributed by atoms with E-state index >= 15 is 0 Å². The van der Waals surface area contributed by atoms with Crippen molar-refractivity contribution in [3.8, 4) is 0 Å². The fourth-order valence-corrected chi connectivity index (χ4v) is 1.39. The van der Waals surface area contributed by atoms with Crippen molar-refractivity contribution >= 4 is 39.3 Å². The Morgan fingerprint density at radius 2 is 2.06 bits per heavy atom. The molecule has 0 aliphatic rings. The zero-order chi connectivity index (χ0) is 12.1. The smallest absolute Gasteiger partial charge is 0.270 e. The van der Waals surface area contributed by atoms with Crippen LogP contribution in [0.1, 0.15) is 10.4 Å². The molecule has 0 aliphatic heterocycles. The molecule has 0 spiro atoms. The second kappa shape index (κ2) is 5.81. The molecule has 2 N–H and O–H groups in total. The van der Waals surface area contributed by atoms with Gasteiger partial charge in [-0.2, -0.15) is 0 Å². The summed E-state index contributed by atoms with van der Waals surface area (Å²) in [4.78, 5) is 22.2. The van der Waals surface area contributed by atoms with Crippen LogP contribution in [0, 0.1) is 5.82 Å². The number of benzene rings is 1. The van der Waals surface area contributed by atoms with Gasteiger partial charge >= 0.3 is 0 Å². The molecule has 0 unspecified atom stereocenters. The van der Waals surface area contributed by atoms with Crippen molar-refractivity contribution in [1.82, 2.24) is 10.9 Å². The van der Waals surface area contributed by atoms with Crippen LogP contribution in [-0.4, -0.2) is 17.7 Å². The van der Waals surface area contributed by atoms with Gasteiger partial charge in [0.05, 0.1) is 5.56 Å². The van der Waals surface area contributed by atoms with E-state index in [0.29, 0.717) is 4.47 Å². The van der Waals surface area contributed by atoms with E-state index in [9.17, 15) is 14.0 Å². The molecule has 7 heteroatoms. The third kappa shape index (κ3) is 3.46. The summed E-state index contributed by atoms with van der Waals surface area (Å²) in [6.45, 7) is 0. The highest BCUT2D eigenvalue weighted by molar-refractivity contribution is 9.10. The summed E-state index contributed by atoms with van der Waals surface area (Å²) in [5.41, 5.74) is 4.24. The van der Waals surface area contributed by atoms with E-state index in [1.54, 1.807) is 0 Å². The number of hydrazine groups is 1. The molecule has 86 valence electrons. The van der Waals surface area contributed by atoms with Gasteiger partial charge in [-0.15, -0.1) is 11.6 Å². The first-order valence-corrected chi connectivity index (χ1v) is 5.47. The van der Waals surface area contributed by atoms with E-state index in [0.717, 1.165) is 6.07 Å². The van der Waals surface area contributed by atoms with Crippen LogP contribution in [0.5, 0.6) is 0 Å². The lowest BCUT2D eigenvalue weighted by Gasteiger charge is -2.07. The summed E-state index contributed by atoms with van der Waals surface area (Å²) in [6, 6.07) is 3.65. The third-order valence-electron chi connectivity index (χ3n) is 1.61. The molecule has 0 saturated heterocycles. The number of hydrogen-bond donors (Lipinski definition) is 2. The Labute approximate surface area is 104 Å². The van der Waals surface area contributed by atoms with Gasteiger partial charge in [0.2, 0.25) is 0 Å². The van der Waals surface area contributed by atoms with Crippen LogP contribution in [0.2, 0.25) is 0 Å². The minimum atomic E-state index is -0.634. The molecule has 0 saturated carbocycles. The molecule has 0 aliphatic carbocycles. The van der Waals surface area contributed by atoms with Crippen molar-refractivity contribution in [2.24, 2.45) is 0 Å². The molecule has 0 bridgehead atoms. The van der Waals surface area contributed by atoms with E-state index in [4.69, 9.17) is 11.6 Å². The minimum Gasteiger partial charge on any atom is -0.272 e. The highest BCUT2D eigenvalue weighted by Crippen LogP contribution is 2.17. The lowest BCUT2D eigenvalue weighted by molar-refractivity contribution is -0.119. The van der Waals surface area contributed by atoms with Gasteiger partial charge in [0.1, 0.15) is 11.7 Å².